The van der Waals surface area contributed by atoms with Gasteiger partial charge in [0.1, 0.15) is 18.3 Å². The number of aliphatic hydroxyl groups excluding tert-OH is 3. The lowest BCUT2D eigenvalue weighted by atomic mass is 9.93. The summed E-state index contributed by atoms with van der Waals surface area (Å²) in [5.41, 5.74) is 0. The van der Waals surface area contributed by atoms with E-state index in [0.717, 1.165) is 12.8 Å². The zero-order valence-electron chi connectivity index (χ0n) is 10.1. The van der Waals surface area contributed by atoms with Crippen molar-refractivity contribution >= 4 is 5.97 Å². The Bertz CT molecular complexity index is 345. The number of piperidine rings is 1. The van der Waals surface area contributed by atoms with Gasteiger partial charge in [-0.3, -0.25) is 9.69 Å². The van der Waals surface area contributed by atoms with Crippen LogP contribution in [0.5, 0.6) is 0 Å². The van der Waals surface area contributed by atoms with Gasteiger partial charge >= 0.3 is 5.97 Å². The minimum Gasteiger partial charge on any atom is -0.458 e. The molecule has 1 saturated carbocycles. The van der Waals surface area contributed by atoms with Gasteiger partial charge in [0.15, 0.2) is 0 Å². The Labute approximate surface area is 105 Å². The summed E-state index contributed by atoms with van der Waals surface area (Å²) >= 11 is 0. The second-order valence-corrected chi connectivity index (χ2v) is 5.57. The van der Waals surface area contributed by atoms with Gasteiger partial charge in [-0.2, -0.15) is 0 Å². The molecule has 6 nitrogen and oxygen atoms in total. The number of hydrogen-bond donors (Lipinski definition) is 3. The first kappa shape index (κ1) is 12.3. The van der Waals surface area contributed by atoms with Crippen LogP contribution < -0.4 is 0 Å². The van der Waals surface area contributed by atoms with Crippen LogP contribution in [0.15, 0.2) is 0 Å². The summed E-state index contributed by atoms with van der Waals surface area (Å²) in [4.78, 5) is 13.5. The molecule has 0 aromatic heterocycles. The molecule has 5 atom stereocenters. The van der Waals surface area contributed by atoms with Crippen molar-refractivity contribution < 1.29 is 24.9 Å². The average molecular weight is 257 g/mol. The molecular weight excluding hydrogens is 238 g/mol. The summed E-state index contributed by atoms with van der Waals surface area (Å²) in [7, 11) is 0. The highest BCUT2D eigenvalue weighted by atomic mass is 16.6. The van der Waals surface area contributed by atoms with Crippen molar-refractivity contribution in [2.45, 2.75) is 49.7 Å². The van der Waals surface area contributed by atoms with Crippen molar-refractivity contribution in [1.82, 2.24) is 4.90 Å². The Morgan fingerprint density at radius 2 is 1.83 bits per heavy atom. The summed E-state index contributed by atoms with van der Waals surface area (Å²) in [5.74, 6) is -0.291. The molecule has 0 spiro atoms. The van der Waals surface area contributed by atoms with E-state index < -0.39 is 30.5 Å². The number of fused-ring (bicyclic) bond motifs is 1. The lowest BCUT2D eigenvalue weighted by Crippen LogP contribution is -2.62. The molecule has 2 saturated heterocycles. The van der Waals surface area contributed by atoms with E-state index in [-0.39, 0.29) is 11.9 Å². The number of aliphatic hydroxyl groups is 3. The number of ether oxygens (including phenoxy) is 1. The molecule has 102 valence electrons. The zero-order chi connectivity index (χ0) is 12.9. The highest BCUT2D eigenvalue weighted by Gasteiger charge is 2.50. The monoisotopic (exact) mass is 257 g/mol. The molecule has 0 amide bonds. The molecule has 3 aliphatic rings. The molecule has 2 heterocycles. The Kier molecular flexibility index (Phi) is 3.05. The molecule has 3 fully saturated rings. The molecule has 0 bridgehead atoms. The third-order valence-corrected chi connectivity index (χ3v) is 4.20. The molecular formula is C12H19NO5. The largest absolute Gasteiger partial charge is 0.458 e. The smallest absolute Gasteiger partial charge is 0.309 e. The van der Waals surface area contributed by atoms with Gasteiger partial charge in [0, 0.05) is 13.1 Å². The minimum absolute atomic E-state index is 0.0174. The number of esters is 1. The van der Waals surface area contributed by atoms with Gasteiger partial charge in [-0.05, 0) is 19.3 Å². The van der Waals surface area contributed by atoms with Crippen LogP contribution in [0.3, 0.4) is 0 Å². The van der Waals surface area contributed by atoms with Crippen molar-refractivity contribution in [2.24, 2.45) is 5.92 Å². The first-order valence-electron chi connectivity index (χ1n) is 6.56. The average Bonchev–Trinajstić information content (AvgIpc) is 3.11. The van der Waals surface area contributed by atoms with Crippen LogP contribution in [0, 0.1) is 5.92 Å². The van der Waals surface area contributed by atoms with Gasteiger partial charge in [-0.15, -0.1) is 0 Å². The minimum atomic E-state index is -1.11. The molecule has 3 rings (SSSR count). The van der Waals surface area contributed by atoms with E-state index in [2.05, 4.69) is 0 Å². The predicted octanol–water partition coefficient (Wildman–Crippen LogP) is -1.52. The van der Waals surface area contributed by atoms with Gasteiger partial charge in [0.25, 0.3) is 0 Å². The third kappa shape index (κ3) is 2.03. The molecule has 0 aromatic rings. The lowest BCUT2D eigenvalue weighted by molar-refractivity contribution is -0.180. The van der Waals surface area contributed by atoms with Gasteiger partial charge in [0.2, 0.25) is 0 Å². The van der Waals surface area contributed by atoms with Crippen LogP contribution in [0.25, 0.3) is 0 Å². The second-order valence-electron chi connectivity index (χ2n) is 5.57. The number of carbonyl (C=O) groups excluding carboxylic acids is 1. The number of rotatable bonds is 2. The SMILES string of the molecule is O=C(O[C@H]1CN2CC[C@H](O)[C@@H]2[C@@H](O)[C@@H]1O)C1CC1. The lowest BCUT2D eigenvalue weighted by Gasteiger charge is -2.42. The van der Waals surface area contributed by atoms with Gasteiger partial charge in [0.05, 0.1) is 18.1 Å². The van der Waals surface area contributed by atoms with E-state index >= 15 is 0 Å². The summed E-state index contributed by atoms with van der Waals surface area (Å²) in [6.45, 7) is 1.05. The molecule has 0 aromatic carbocycles. The van der Waals surface area contributed by atoms with Gasteiger partial charge in [-0.1, -0.05) is 0 Å². The summed E-state index contributed by atoms with van der Waals surface area (Å²) in [5, 5.41) is 29.8. The Hall–Kier alpha value is -0.690. The van der Waals surface area contributed by atoms with Crippen LogP contribution in [0.4, 0.5) is 0 Å². The number of carbonyl (C=O) groups is 1. The fourth-order valence-electron chi connectivity index (χ4n) is 2.95. The molecule has 2 aliphatic heterocycles. The maximum Gasteiger partial charge on any atom is 0.309 e. The highest BCUT2D eigenvalue weighted by molar-refractivity contribution is 5.75. The zero-order valence-corrected chi connectivity index (χ0v) is 10.1. The first-order chi connectivity index (χ1) is 8.58. The molecule has 0 unspecified atom stereocenters. The molecule has 3 N–H and O–H groups in total. The van der Waals surface area contributed by atoms with E-state index in [1.54, 1.807) is 0 Å². The highest BCUT2D eigenvalue weighted by Crippen LogP contribution is 2.33. The van der Waals surface area contributed by atoms with Crippen molar-refractivity contribution in [3.8, 4) is 0 Å². The van der Waals surface area contributed by atoms with Crippen LogP contribution in [-0.4, -0.2) is 69.7 Å². The summed E-state index contributed by atoms with van der Waals surface area (Å²) < 4.78 is 5.27. The van der Waals surface area contributed by atoms with E-state index in [1.807, 2.05) is 4.90 Å². The third-order valence-electron chi connectivity index (χ3n) is 4.20. The van der Waals surface area contributed by atoms with Crippen LogP contribution in [0.1, 0.15) is 19.3 Å². The van der Waals surface area contributed by atoms with Crippen LogP contribution in [0.2, 0.25) is 0 Å². The topological polar surface area (TPSA) is 90.2 Å². The normalized spacial score (nSPS) is 44.7. The number of nitrogens with zero attached hydrogens (tertiary/aromatic N) is 1. The van der Waals surface area contributed by atoms with E-state index in [4.69, 9.17) is 4.74 Å². The molecule has 18 heavy (non-hydrogen) atoms. The predicted molar refractivity (Wildman–Crippen MR) is 60.6 cm³/mol. The fraction of sp³-hybridized carbons (Fsp3) is 0.917. The Morgan fingerprint density at radius 1 is 1.11 bits per heavy atom. The number of hydrogen-bond acceptors (Lipinski definition) is 6. The maximum atomic E-state index is 11.6. The van der Waals surface area contributed by atoms with Crippen molar-refractivity contribution in [3.63, 3.8) is 0 Å². The van der Waals surface area contributed by atoms with Crippen molar-refractivity contribution in [3.05, 3.63) is 0 Å². The van der Waals surface area contributed by atoms with Crippen molar-refractivity contribution in [1.29, 1.82) is 0 Å². The Morgan fingerprint density at radius 3 is 2.50 bits per heavy atom. The van der Waals surface area contributed by atoms with Gasteiger partial charge in [-0.25, -0.2) is 0 Å². The maximum absolute atomic E-state index is 11.6. The standard InChI is InChI=1S/C12H19NO5/c14-7-3-4-13-5-8(10(15)11(16)9(7)13)18-12(17)6-1-2-6/h6-11,14-16H,1-5H2/t7-,8-,9+,10+,11+/m0/s1. The first-order valence-corrected chi connectivity index (χ1v) is 6.56. The molecule has 6 heteroatoms. The van der Waals surface area contributed by atoms with Crippen LogP contribution in [-0.2, 0) is 9.53 Å². The second kappa shape index (κ2) is 4.45. The molecule has 1 aliphatic carbocycles. The van der Waals surface area contributed by atoms with E-state index in [0.29, 0.717) is 19.5 Å². The summed E-state index contributed by atoms with van der Waals surface area (Å²) in [6, 6.07) is -0.434. The van der Waals surface area contributed by atoms with Crippen LogP contribution >= 0.6 is 0 Å². The van der Waals surface area contributed by atoms with Crippen molar-refractivity contribution in [2.75, 3.05) is 13.1 Å². The summed E-state index contributed by atoms with van der Waals surface area (Å²) in [6.07, 6.45) is -1.18. The van der Waals surface area contributed by atoms with Gasteiger partial charge < -0.3 is 20.1 Å². The van der Waals surface area contributed by atoms with E-state index in [1.165, 1.54) is 0 Å². The molecule has 0 radical (unpaired) electrons. The Balaban J connectivity index is 1.67. The van der Waals surface area contributed by atoms with E-state index in [9.17, 15) is 20.1 Å². The fourth-order valence-corrected chi connectivity index (χ4v) is 2.95. The quantitative estimate of drug-likeness (QED) is 0.520.